The van der Waals surface area contributed by atoms with Crippen LogP contribution in [0.3, 0.4) is 0 Å². The molecule has 0 radical (unpaired) electrons. The fourth-order valence-corrected chi connectivity index (χ4v) is 4.45. The van der Waals surface area contributed by atoms with E-state index in [0.717, 1.165) is 35.7 Å². The van der Waals surface area contributed by atoms with Crippen LogP contribution in [0, 0.1) is 13.8 Å². The summed E-state index contributed by atoms with van der Waals surface area (Å²) in [6, 6.07) is 6.88. The summed E-state index contributed by atoms with van der Waals surface area (Å²) in [5.74, 6) is 3.00. The highest BCUT2D eigenvalue weighted by molar-refractivity contribution is 7.99. The van der Waals surface area contributed by atoms with Crippen molar-refractivity contribution < 1.29 is 4.74 Å². The van der Waals surface area contributed by atoms with Crippen LogP contribution in [0.5, 0.6) is 5.75 Å². The summed E-state index contributed by atoms with van der Waals surface area (Å²) >= 11 is 1.77. The van der Waals surface area contributed by atoms with Crippen molar-refractivity contribution >= 4 is 17.7 Å². The fourth-order valence-electron chi connectivity index (χ4n) is 3.63. The van der Waals surface area contributed by atoms with E-state index in [2.05, 4.69) is 51.7 Å². The molecule has 1 saturated heterocycles. The van der Waals surface area contributed by atoms with Crippen molar-refractivity contribution in [1.82, 2.24) is 14.8 Å². The second-order valence-electron chi connectivity index (χ2n) is 7.35. The molecule has 2 aromatic rings. The molecule has 0 spiro atoms. The van der Waals surface area contributed by atoms with Gasteiger partial charge in [0.2, 0.25) is 5.95 Å². The summed E-state index contributed by atoms with van der Waals surface area (Å²) in [5, 5.41) is 10.1. The Morgan fingerprint density at radius 2 is 1.81 bits per heavy atom. The number of ether oxygens (including phenoxy) is 1. The molecule has 1 aromatic carbocycles. The van der Waals surface area contributed by atoms with Crippen molar-refractivity contribution in [3.63, 3.8) is 0 Å². The molecule has 0 atom stereocenters. The van der Waals surface area contributed by atoms with Gasteiger partial charge in [-0.25, -0.2) is 0 Å². The fraction of sp³-hybridized carbons (Fsp3) is 0.600. The lowest BCUT2D eigenvalue weighted by Crippen LogP contribution is -2.31. The van der Waals surface area contributed by atoms with Crippen LogP contribution in [0.15, 0.2) is 23.4 Å². The summed E-state index contributed by atoms with van der Waals surface area (Å²) in [6.07, 6.45) is 6.38. The number of aryl methyl sites for hydroxylation is 2. The van der Waals surface area contributed by atoms with E-state index >= 15 is 0 Å². The number of rotatable bonds is 7. The first-order valence-corrected chi connectivity index (χ1v) is 10.7. The molecular formula is C20H28N4OS. The molecule has 6 heteroatoms. The minimum Gasteiger partial charge on any atom is -0.492 e. The van der Waals surface area contributed by atoms with Gasteiger partial charge in [0.15, 0.2) is 5.16 Å². The first-order chi connectivity index (χ1) is 12.7. The molecule has 1 aromatic heterocycles. The molecule has 26 heavy (non-hydrogen) atoms. The summed E-state index contributed by atoms with van der Waals surface area (Å²) in [7, 11) is 0. The van der Waals surface area contributed by atoms with Gasteiger partial charge in [-0.3, -0.25) is 4.57 Å². The van der Waals surface area contributed by atoms with Gasteiger partial charge >= 0.3 is 0 Å². The third kappa shape index (κ3) is 3.85. The molecule has 2 heterocycles. The standard InChI is InChI=1S/C20H28N4OS/c1-15-7-6-8-16(2)18(15)25-13-14-26-20-22-21-19(24(20)17-9-10-17)23-11-4-3-5-12-23/h6-8,17H,3-5,9-14H2,1-2H3. The number of piperidine rings is 1. The predicted octanol–water partition coefficient (Wildman–Crippen LogP) is 4.39. The van der Waals surface area contributed by atoms with E-state index in [4.69, 9.17) is 4.74 Å². The first kappa shape index (κ1) is 17.7. The number of anilines is 1. The Morgan fingerprint density at radius 3 is 2.50 bits per heavy atom. The van der Waals surface area contributed by atoms with Crippen molar-refractivity contribution in [3.05, 3.63) is 29.3 Å². The lowest BCUT2D eigenvalue weighted by atomic mass is 10.1. The molecule has 2 aliphatic rings. The van der Waals surface area contributed by atoms with Crippen molar-refractivity contribution in [2.45, 2.75) is 57.1 Å². The zero-order valence-electron chi connectivity index (χ0n) is 15.8. The molecular weight excluding hydrogens is 344 g/mol. The van der Waals surface area contributed by atoms with Crippen LogP contribution < -0.4 is 9.64 Å². The van der Waals surface area contributed by atoms with E-state index < -0.39 is 0 Å². The van der Waals surface area contributed by atoms with Gasteiger partial charge in [-0.15, -0.1) is 10.2 Å². The van der Waals surface area contributed by atoms with Crippen LogP contribution in [0.4, 0.5) is 5.95 Å². The Morgan fingerprint density at radius 1 is 1.08 bits per heavy atom. The molecule has 0 N–H and O–H groups in total. The third-order valence-electron chi connectivity index (χ3n) is 5.17. The van der Waals surface area contributed by atoms with E-state index in [1.807, 2.05) is 0 Å². The van der Waals surface area contributed by atoms with Gasteiger partial charge in [-0.1, -0.05) is 30.0 Å². The van der Waals surface area contributed by atoms with Crippen molar-refractivity contribution in [2.75, 3.05) is 30.3 Å². The quantitative estimate of drug-likeness (QED) is 0.533. The Balaban J connectivity index is 1.38. The molecule has 0 bridgehead atoms. The number of benzene rings is 1. The predicted molar refractivity (Wildman–Crippen MR) is 106 cm³/mol. The minimum atomic E-state index is 0.601. The molecule has 4 rings (SSSR count). The highest BCUT2D eigenvalue weighted by atomic mass is 32.2. The molecule has 1 aliphatic heterocycles. The highest BCUT2D eigenvalue weighted by Gasteiger charge is 2.31. The normalized spacial score (nSPS) is 17.5. The summed E-state index contributed by atoms with van der Waals surface area (Å²) < 4.78 is 8.42. The van der Waals surface area contributed by atoms with Crippen molar-refractivity contribution in [3.8, 4) is 5.75 Å². The van der Waals surface area contributed by atoms with Gasteiger partial charge in [0.05, 0.1) is 6.61 Å². The zero-order chi connectivity index (χ0) is 17.9. The molecule has 0 amide bonds. The highest BCUT2D eigenvalue weighted by Crippen LogP contribution is 2.41. The maximum Gasteiger partial charge on any atom is 0.228 e. The van der Waals surface area contributed by atoms with E-state index in [-0.39, 0.29) is 0 Å². The first-order valence-electron chi connectivity index (χ1n) is 9.75. The van der Waals surface area contributed by atoms with Crippen molar-refractivity contribution in [2.24, 2.45) is 0 Å². The van der Waals surface area contributed by atoms with Crippen LogP contribution in [-0.2, 0) is 0 Å². The van der Waals surface area contributed by atoms with E-state index in [1.54, 1.807) is 11.8 Å². The van der Waals surface area contributed by atoms with Gasteiger partial charge in [0, 0.05) is 24.9 Å². The minimum absolute atomic E-state index is 0.601. The lowest BCUT2D eigenvalue weighted by Gasteiger charge is -2.27. The Bertz CT molecular complexity index is 730. The monoisotopic (exact) mass is 372 g/mol. The van der Waals surface area contributed by atoms with E-state index in [1.165, 1.54) is 43.2 Å². The van der Waals surface area contributed by atoms with Gasteiger partial charge in [-0.05, 0) is 57.1 Å². The maximum atomic E-state index is 6.04. The van der Waals surface area contributed by atoms with Crippen molar-refractivity contribution in [1.29, 1.82) is 0 Å². The number of hydrogen-bond acceptors (Lipinski definition) is 5. The topological polar surface area (TPSA) is 43.2 Å². The largest absolute Gasteiger partial charge is 0.492 e. The van der Waals surface area contributed by atoms with E-state index in [0.29, 0.717) is 12.6 Å². The number of nitrogens with zero attached hydrogens (tertiary/aromatic N) is 4. The van der Waals surface area contributed by atoms with Gasteiger partial charge in [0.1, 0.15) is 5.75 Å². The van der Waals surface area contributed by atoms with E-state index in [9.17, 15) is 0 Å². The maximum absolute atomic E-state index is 6.04. The summed E-state index contributed by atoms with van der Waals surface area (Å²) in [6.45, 7) is 7.12. The molecule has 2 fully saturated rings. The summed E-state index contributed by atoms with van der Waals surface area (Å²) in [4.78, 5) is 2.42. The third-order valence-corrected chi connectivity index (χ3v) is 6.07. The average Bonchev–Trinajstić information content (AvgIpc) is 3.41. The lowest BCUT2D eigenvalue weighted by molar-refractivity contribution is 0.339. The van der Waals surface area contributed by atoms with Crippen LogP contribution in [0.2, 0.25) is 0 Å². The van der Waals surface area contributed by atoms with Crippen LogP contribution >= 0.6 is 11.8 Å². The molecule has 1 saturated carbocycles. The second kappa shape index (κ2) is 7.91. The smallest absolute Gasteiger partial charge is 0.228 e. The SMILES string of the molecule is Cc1cccc(C)c1OCCSc1nnc(N2CCCCC2)n1C1CC1. The molecule has 1 aliphatic carbocycles. The Kier molecular flexibility index (Phi) is 5.38. The average molecular weight is 373 g/mol. The Hall–Kier alpha value is -1.69. The summed E-state index contributed by atoms with van der Waals surface area (Å²) in [5.41, 5.74) is 2.40. The van der Waals surface area contributed by atoms with Crippen LogP contribution in [0.25, 0.3) is 0 Å². The number of hydrogen-bond donors (Lipinski definition) is 0. The molecule has 0 unspecified atom stereocenters. The van der Waals surface area contributed by atoms with Gasteiger partial charge in [-0.2, -0.15) is 0 Å². The zero-order valence-corrected chi connectivity index (χ0v) is 16.6. The number of thioether (sulfide) groups is 1. The van der Waals surface area contributed by atoms with Crippen LogP contribution in [-0.4, -0.2) is 40.2 Å². The second-order valence-corrected chi connectivity index (χ2v) is 8.41. The Labute approximate surface area is 160 Å². The van der Waals surface area contributed by atoms with Gasteiger partial charge < -0.3 is 9.64 Å². The molecule has 5 nitrogen and oxygen atoms in total. The number of aromatic nitrogens is 3. The molecule has 140 valence electrons. The van der Waals surface area contributed by atoms with Crippen LogP contribution in [0.1, 0.15) is 49.3 Å². The van der Waals surface area contributed by atoms with Gasteiger partial charge in [0.25, 0.3) is 0 Å². The number of para-hydroxylation sites is 1.